The molecule has 1 atom stereocenters. The summed E-state index contributed by atoms with van der Waals surface area (Å²) in [5.41, 5.74) is 1.89. The molecule has 0 spiro atoms. The molecule has 1 unspecified atom stereocenters. The highest BCUT2D eigenvalue weighted by atomic mass is 16.5. The number of methoxy groups -OCH3 is 2. The highest BCUT2D eigenvalue weighted by Gasteiger charge is 2.10. The van der Waals surface area contributed by atoms with Crippen molar-refractivity contribution in [2.24, 2.45) is 5.92 Å². The summed E-state index contributed by atoms with van der Waals surface area (Å²) in [6, 6.07) is 15.0. The van der Waals surface area contributed by atoms with Crippen molar-refractivity contribution < 1.29 is 28.5 Å². The van der Waals surface area contributed by atoms with Gasteiger partial charge in [-0.3, -0.25) is 0 Å². The fourth-order valence-electron chi connectivity index (χ4n) is 3.37. The van der Waals surface area contributed by atoms with Crippen LogP contribution in [0.25, 0.3) is 12.2 Å². The van der Waals surface area contributed by atoms with Crippen molar-refractivity contribution in [1.82, 2.24) is 0 Å². The Bertz CT molecular complexity index is 990. The van der Waals surface area contributed by atoms with Gasteiger partial charge in [-0.25, -0.2) is 9.59 Å². The molecule has 0 aromatic heterocycles. The maximum absolute atomic E-state index is 11.8. The summed E-state index contributed by atoms with van der Waals surface area (Å²) in [6.07, 6.45) is 12.7. The van der Waals surface area contributed by atoms with Gasteiger partial charge >= 0.3 is 11.9 Å². The third kappa shape index (κ3) is 16.1. The molecule has 0 saturated carbocycles. The zero-order valence-corrected chi connectivity index (χ0v) is 24.5. The van der Waals surface area contributed by atoms with Crippen molar-refractivity contribution in [1.29, 1.82) is 0 Å². The van der Waals surface area contributed by atoms with Crippen molar-refractivity contribution in [3.63, 3.8) is 0 Å². The van der Waals surface area contributed by atoms with E-state index in [1.807, 2.05) is 48.5 Å². The molecular formula is C33H46O6. The number of carbonyl (C=O) groups excluding carboxylic acids is 2. The van der Waals surface area contributed by atoms with Gasteiger partial charge in [-0.1, -0.05) is 64.8 Å². The van der Waals surface area contributed by atoms with E-state index in [-0.39, 0.29) is 18.0 Å². The molecule has 6 heteroatoms. The van der Waals surface area contributed by atoms with Gasteiger partial charge in [-0.2, -0.15) is 0 Å². The fraction of sp³-hybridized carbons (Fsp3) is 0.455. The lowest BCUT2D eigenvalue weighted by molar-refractivity contribution is -0.143. The Morgan fingerprint density at radius 1 is 0.744 bits per heavy atom. The van der Waals surface area contributed by atoms with E-state index >= 15 is 0 Å². The van der Waals surface area contributed by atoms with Crippen LogP contribution in [0.2, 0.25) is 0 Å². The number of hydrogen-bond acceptors (Lipinski definition) is 6. The number of ether oxygens (including phenoxy) is 4. The van der Waals surface area contributed by atoms with E-state index in [1.165, 1.54) is 25.0 Å². The summed E-state index contributed by atoms with van der Waals surface area (Å²) in [5.74, 6) is 1.58. The lowest BCUT2D eigenvalue weighted by atomic mass is 10.1. The third-order valence-electron chi connectivity index (χ3n) is 5.86. The van der Waals surface area contributed by atoms with Crippen molar-refractivity contribution in [2.75, 3.05) is 20.8 Å². The highest BCUT2D eigenvalue weighted by molar-refractivity contribution is 5.87. The van der Waals surface area contributed by atoms with Crippen LogP contribution in [0.3, 0.4) is 0 Å². The minimum atomic E-state index is -0.300. The predicted molar refractivity (Wildman–Crippen MR) is 159 cm³/mol. The smallest absolute Gasteiger partial charge is 0.331 e. The first-order valence-corrected chi connectivity index (χ1v) is 13.8. The van der Waals surface area contributed by atoms with Gasteiger partial charge in [0.05, 0.1) is 20.8 Å². The molecule has 0 saturated heterocycles. The fourth-order valence-corrected chi connectivity index (χ4v) is 3.37. The SMILES string of the molecule is CCCCCC(CC)OC(=O)C=Cc1ccc(OC)cc1.COc1ccc(C=CC(=O)OCCC(C)C)cc1. The minimum absolute atomic E-state index is 0.0320. The number of benzene rings is 2. The molecule has 0 aliphatic rings. The molecule has 39 heavy (non-hydrogen) atoms. The molecule has 0 N–H and O–H groups in total. The second-order valence-corrected chi connectivity index (χ2v) is 9.53. The maximum atomic E-state index is 11.8. The molecule has 6 nitrogen and oxygen atoms in total. The first-order chi connectivity index (χ1) is 18.8. The van der Waals surface area contributed by atoms with E-state index < -0.39 is 0 Å². The molecule has 0 radical (unpaired) electrons. The Balaban J connectivity index is 0.000000395. The van der Waals surface area contributed by atoms with Gasteiger partial charge in [0.1, 0.15) is 17.6 Å². The largest absolute Gasteiger partial charge is 0.497 e. The molecule has 2 aromatic carbocycles. The Morgan fingerprint density at radius 2 is 1.26 bits per heavy atom. The van der Waals surface area contributed by atoms with Crippen LogP contribution in [0.5, 0.6) is 11.5 Å². The summed E-state index contributed by atoms with van der Waals surface area (Å²) < 4.78 is 20.7. The quantitative estimate of drug-likeness (QED) is 0.130. The molecule has 2 aromatic rings. The molecule has 214 valence electrons. The van der Waals surface area contributed by atoms with Crippen LogP contribution < -0.4 is 9.47 Å². The maximum Gasteiger partial charge on any atom is 0.331 e. The van der Waals surface area contributed by atoms with Crippen LogP contribution in [0.4, 0.5) is 0 Å². The monoisotopic (exact) mass is 538 g/mol. The number of unbranched alkanes of at least 4 members (excludes halogenated alkanes) is 2. The number of esters is 2. The second kappa shape index (κ2) is 20.4. The number of rotatable bonds is 15. The molecule has 0 aliphatic carbocycles. The average Bonchev–Trinajstić information content (AvgIpc) is 2.95. The first-order valence-electron chi connectivity index (χ1n) is 13.8. The average molecular weight is 539 g/mol. The molecule has 0 heterocycles. The zero-order valence-electron chi connectivity index (χ0n) is 24.5. The lowest BCUT2D eigenvalue weighted by Gasteiger charge is -2.14. The summed E-state index contributed by atoms with van der Waals surface area (Å²) in [5, 5.41) is 0. The van der Waals surface area contributed by atoms with Gasteiger partial charge in [0.15, 0.2) is 0 Å². The van der Waals surface area contributed by atoms with Crippen LogP contribution in [-0.4, -0.2) is 38.9 Å². The number of hydrogen-bond donors (Lipinski definition) is 0. The van der Waals surface area contributed by atoms with Crippen LogP contribution in [0.1, 0.15) is 77.3 Å². The van der Waals surface area contributed by atoms with Crippen LogP contribution in [-0.2, 0) is 19.1 Å². The van der Waals surface area contributed by atoms with E-state index in [2.05, 4.69) is 27.7 Å². The molecule has 0 bridgehead atoms. The number of carbonyl (C=O) groups is 2. The van der Waals surface area contributed by atoms with E-state index in [4.69, 9.17) is 18.9 Å². The Morgan fingerprint density at radius 3 is 1.69 bits per heavy atom. The van der Waals surface area contributed by atoms with Gasteiger partial charge in [0.25, 0.3) is 0 Å². The molecular weight excluding hydrogens is 492 g/mol. The third-order valence-corrected chi connectivity index (χ3v) is 5.86. The Hall–Kier alpha value is -3.54. The van der Waals surface area contributed by atoms with E-state index in [0.29, 0.717) is 12.5 Å². The summed E-state index contributed by atoms with van der Waals surface area (Å²) in [6.45, 7) is 8.90. The van der Waals surface area contributed by atoms with Crippen molar-refractivity contribution in [3.8, 4) is 11.5 Å². The van der Waals surface area contributed by atoms with Crippen LogP contribution >= 0.6 is 0 Å². The highest BCUT2D eigenvalue weighted by Crippen LogP contribution is 2.14. The topological polar surface area (TPSA) is 71.1 Å². The van der Waals surface area contributed by atoms with Gasteiger partial charge < -0.3 is 18.9 Å². The van der Waals surface area contributed by atoms with E-state index in [0.717, 1.165) is 48.3 Å². The van der Waals surface area contributed by atoms with E-state index in [1.54, 1.807) is 26.4 Å². The Kier molecular flexibility index (Phi) is 17.5. The second-order valence-electron chi connectivity index (χ2n) is 9.53. The van der Waals surface area contributed by atoms with Gasteiger partial charge in [0, 0.05) is 12.2 Å². The first kappa shape index (κ1) is 33.5. The summed E-state index contributed by atoms with van der Waals surface area (Å²) in [7, 11) is 3.25. The van der Waals surface area contributed by atoms with Gasteiger partial charge in [0.2, 0.25) is 0 Å². The molecule has 2 rings (SSSR count). The van der Waals surface area contributed by atoms with Crippen LogP contribution in [0.15, 0.2) is 60.7 Å². The summed E-state index contributed by atoms with van der Waals surface area (Å²) >= 11 is 0. The van der Waals surface area contributed by atoms with Gasteiger partial charge in [-0.15, -0.1) is 0 Å². The zero-order chi connectivity index (χ0) is 28.9. The minimum Gasteiger partial charge on any atom is -0.497 e. The van der Waals surface area contributed by atoms with Gasteiger partial charge in [-0.05, 0) is 79.1 Å². The van der Waals surface area contributed by atoms with Crippen molar-refractivity contribution in [2.45, 2.75) is 72.3 Å². The van der Waals surface area contributed by atoms with Crippen molar-refractivity contribution in [3.05, 3.63) is 71.8 Å². The van der Waals surface area contributed by atoms with E-state index in [9.17, 15) is 9.59 Å². The van der Waals surface area contributed by atoms with Crippen LogP contribution in [0, 0.1) is 5.92 Å². The predicted octanol–water partition coefficient (Wildman–Crippen LogP) is 7.91. The molecule has 0 amide bonds. The lowest BCUT2D eigenvalue weighted by Crippen LogP contribution is -2.15. The van der Waals surface area contributed by atoms with Crippen molar-refractivity contribution >= 4 is 24.1 Å². The Labute approximate surface area is 235 Å². The molecule has 0 fully saturated rings. The molecule has 0 aliphatic heterocycles. The normalized spacial score (nSPS) is 11.7. The summed E-state index contributed by atoms with van der Waals surface area (Å²) in [4.78, 5) is 23.2. The standard InChI is InChI=1S/C18H26O3.C15H20O3/c1-4-6-7-8-16(5-2)21-18(19)14-11-15-9-12-17(20-3)13-10-15;1-12(2)10-11-18-15(16)9-6-13-4-7-14(17-3)8-5-13/h9-14,16H,4-8H2,1-3H3;4-9,12H,10-11H2,1-3H3.